The Balaban J connectivity index is 2.53. The van der Waals surface area contributed by atoms with Crippen LogP contribution in [0.5, 0.6) is 0 Å². The number of carbonyl (C=O) groups excluding carboxylic acids is 2. The van der Waals surface area contributed by atoms with Crippen molar-refractivity contribution >= 4 is 19.8 Å². The van der Waals surface area contributed by atoms with E-state index in [2.05, 4.69) is 42.7 Å². The van der Waals surface area contributed by atoms with Gasteiger partial charge in [-0.2, -0.15) is 0 Å². The molecule has 0 spiro atoms. The Morgan fingerprint density at radius 3 is 1.98 bits per heavy atom. The van der Waals surface area contributed by atoms with Crippen LogP contribution in [-0.2, 0) is 37.4 Å². The number of aliphatic hydroxyl groups excluding tert-OH is 5. The third-order valence-corrected chi connectivity index (χ3v) is 10.9. The Morgan fingerprint density at radius 2 is 1.31 bits per heavy atom. The van der Waals surface area contributed by atoms with Crippen molar-refractivity contribution in [1.82, 2.24) is 0 Å². The van der Waals surface area contributed by atoms with E-state index in [1.54, 1.807) is 12.2 Å². The van der Waals surface area contributed by atoms with Crippen LogP contribution in [0.3, 0.4) is 0 Å². The molecule has 15 heteroatoms. The summed E-state index contributed by atoms with van der Waals surface area (Å²) in [6.07, 6.45) is 31.0. The Labute approximate surface area is 365 Å². The van der Waals surface area contributed by atoms with E-state index in [0.29, 0.717) is 38.5 Å². The molecular formula is C46H79O14P. The molecule has 0 aliphatic carbocycles. The van der Waals surface area contributed by atoms with Gasteiger partial charge in [0.05, 0.1) is 38.1 Å². The molecule has 1 heterocycles. The second-order valence-corrected chi connectivity index (χ2v) is 17.0. The fraction of sp³-hybridized carbons (Fsp3) is 0.739. The van der Waals surface area contributed by atoms with Crippen molar-refractivity contribution in [2.45, 2.75) is 185 Å². The second-order valence-electron chi connectivity index (χ2n) is 15.6. The SMILES string of the molecule is CCCCCCCC/C=C\C/C=C\C/C=C\CCCC(=O)O[C@H](COC(=O)CCC/C=C\C[C@H]1[C@@H](O)CC(O)O[C@@H]1/C=C/[C@@H](O)CCCCC)COP(=O)(O)OC[C@@H](O)CO. The molecule has 61 heavy (non-hydrogen) atoms. The summed E-state index contributed by atoms with van der Waals surface area (Å²) < 4.78 is 38.3. The average Bonchev–Trinajstić information content (AvgIpc) is 3.23. The fourth-order valence-electron chi connectivity index (χ4n) is 6.34. The largest absolute Gasteiger partial charge is 0.472 e. The highest BCUT2D eigenvalue weighted by Gasteiger charge is 2.35. The van der Waals surface area contributed by atoms with Gasteiger partial charge < -0.3 is 44.6 Å². The summed E-state index contributed by atoms with van der Waals surface area (Å²) in [4.78, 5) is 35.2. The van der Waals surface area contributed by atoms with E-state index in [0.717, 1.165) is 38.5 Å². The molecular weight excluding hydrogens is 807 g/mol. The lowest BCUT2D eigenvalue weighted by atomic mass is 9.87. The van der Waals surface area contributed by atoms with Crippen LogP contribution < -0.4 is 0 Å². The van der Waals surface area contributed by atoms with Crippen LogP contribution in [0, 0.1) is 5.92 Å². The van der Waals surface area contributed by atoms with Crippen molar-refractivity contribution in [3.8, 4) is 0 Å². The van der Waals surface area contributed by atoms with Crippen molar-refractivity contribution in [2.24, 2.45) is 5.92 Å². The summed E-state index contributed by atoms with van der Waals surface area (Å²) in [5, 5.41) is 49.3. The number of allylic oxidation sites excluding steroid dienone is 8. The number of phosphoric ester groups is 1. The van der Waals surface area contributed by atoms with Gasteiger partial charge in [0, 0.05) is 25.2 Å². The van der Waals surface area contributed by atoms with E-state index < -0.39 is 83.0 Å². The molecule has 6 N–H and O–H groups in total. The zero-order chi connectivity index (χ0) is 45.0. The quantitative estimate of drug-likeness (QED) is 0.0151. The van der Waals surface area contributed by atoms with Crippen molar-refractivity contribution in [3.63, 3.8) is 0 Å². The van der Waals surface area contributed by atoms with Crippen LogP contribution in [0.2, 0.25) is 0 Å². The third-order valence-electron chi connectivity index (χ3n) is 9.94. The van der Waals surface area contributed by atoms with Crippen molar-refractivity contribution in [1.29, 1.82) is 0 Å². The molecule has 0 bridgehead atoms. The lowest BCUT2D eigenvalue weighted by Crippen LogP contribution is -2.43. The van der Waals surface area contributed by atoms with Gasteiger partial charge in [0.15, 0.2) is 12.4 Å². The standard InChI is InChI=1S/C46H79O14P/c1-3-5-7-8-9-10-11-12-13-14-15-16-17-18-19-20-26-30-45(52)59-40(37-58-61(54,55)57-35-39(49)34-47)36-56-44(51)29-25-22-21-24-28-41-42(50)33-46(53)60-43(41)32-31-38(48)27-23-6-4-2/h12-13,15-16,18-19,21,24,31-32,38-43,46-50,53H,3-11,14,17,20,22-23,25-30,33-37H2,1-2H3,(H,54,55)/b13-12-,16-15-,19-18-,24-21-,32-31+/t38-,39-,40+,41-,42-,43+,46?/m0/s1. The zero-order valence-corrected chi connectivity index (χ0v) is 37.8. The number of hydrogen-bond donors (Lipinski definition) is 6. The first kappa shape index (κ1) is 56.5. The molecule has 1 aliphatic heterocycles. The summed E-state index contributed by atoms with van der Waals surface area (Å²) in [7, 11) is -4.70. The molecule has 0 amide bonds. The van der Waals surface area contributed by atoms with Crippen LogP contribution in [-0.4, -0.2) is 106 Å². The molecule has 8 atom stereocenters. The fourth-order valence-corrected chi connectivity index (χ4v) is 7.13. The number of aliphatic hydroxyl groups is 5. The highest BCUT2D eigenvalue weighted by atomic mass is 31.2. The lowest BCUT2D eigenvalue weighted by Gasteiger charge is -2.36. The van der Waals surface area contributed by atoms with Gasteiger partial charge in [0.2, 0.25) is 0 Å². The van der Waals surface area contributed by atoms with Crippen LogP contribution in [0.15, 0.2) is 60.8 Å². The number of rotatable bonds is 37. The minimum atomic E-state index is -4.70. The molecule has 1 aliphatic rings. The molecule has 352 valence electrons. The molecule has 0 aromatic carbocycles. The third kappa shape index (κ3) is 31.9. The normalized spacial score (nSPS) is 21.2. The molecule has 1 rings (SSSR count). The van der Waals surface area contributed by atoms with Crippen LogP contribution in [0.25, 0.3) is 0 Å². The number of esters is 2. The monoisotopic (exact) mass is 887 g/mol. The second kappa shape index (κ2) is 36.9. The van der Waals surface area contributed by atoms with Crippen molar-refractivity contribution in [2.75, 3.05) is 26.4 Å². The minimum Gasteiger partial charge on any atom is -0.462 e. The Morgan fingerprint density at radius 1 is 0.738 bits per heavy atom. The summed E-state index contributed by atoms with van der Waals surface area (Å²) in [5.41, 5.74) is 0. The topological polar surface area (TPSA) is 219 Å². The summed E-state index contributed by atoms with van der Waals surface area (Å²) in [6.45, 7) is 1.89. The van der Waals surface area contributed by atoms with Gasteiger partial charge in [0.1, 0.15) is 12.7 Å². The number of carbonyl (C=O) groups is 2. The van der Waals surface area contributed by atoms with Gasteiger partial charge >= 0.3 is 19.8 Å². The minimum absolute atomic E-state index is 0.0344. The van der Waals surface area contributed by atoms with Crippen LogP contribution in [0.4, 0.5) is 0 Å². The zero-order valence-electron chi connectivity index (χ0n) is 36.9. The van der Waals surface area contributed by atoms with Gasteiger partial charge in [-0.15, -0.1) is 0 Å². The van der Waals surface area contributed by atoms with Gasteiger partial charge in [-0.3, -0.25) is 18.6 Å². The molecule has 1 saturated heterocycles. The molecule has 14 nitrogen and oxygen atoms in total. The van der Waals surface area contributed by atoms with Gasteiger partial charge in [-0.25, -0.2) is 4.57 Å². The Hall–Kier alpha value is -2.49. The molecule has 0 aromatic rings. The molecule has 0 radical (unpaired) electrons. The molecule has 1 fully saturated rings. The summed E-state index contributed by atoms with van der Waals surface area (Å²) >= 11 is 0. The number of ether oxygens (including phenoxy) is 3. The van der Waals surface area contributed by atoms with Crippen molar-refractivity contribution in [3.05, 3.63) is 60.8 Å². The number of phosphoric acid groups is 1. The first-order valence-corrected chi connectivity index (χ1v) is 24.1. The Kier molecular flexibility index (Phi) is 34.2. The number of hydrogen-bond acceptors (Lipinski definition) is 13. The average molecular weight is 887 g/mol. The highest BCUT2D eigenvalue weighted by molar-refractivity contribution is 7.47. The first-order valence-electron chi connectivity index (χ1n) is 22.6. The van der Waals surface area contributed by atoms with Gasteiger partial charge in [-0.05, 0) is 64.2 Å². The van der Waals surface area contributed by atoms with Gasteiger partial charge in [-0.1, -0.05) is 126 Å². The summed E-state index contributed by atoms with van der Waals surface area (Å²) in [6, 6.07) is 0. The van der Waals surface area contributed by atoms with Crippen LogP contribution >= 0.6 is 7.82 Å². The maximum absolute atomic E-state index is 12.7. The Bertz CT molecular complexity index is 1320. The molecule has 2 unspecified atom stereocenters. The lowest BCUT2D eigenvalue weighted by molar-refractivity contribution is -0.199. The van der Waals surface area contributed by atoms with Crippen LogP contribution in [0.1, 0.15) is 149 Å². The summed E-state index contributed by atoms with van der Waals surface area (Å²) in [5.74, 6) is -1.52. The molecule has 0 aromatic heterocycles. The smallest absolute Gasteiger partial charge is 0.462 e. The van der Waals surface area contributed by atoms with E-state index in [-0.39, 0.29) is 25.2 Å². The predicted octanol–water partition coefficient (Wildman–Crippen LogP) is 8.00. The first-order chi connectivity index (χ1) is 29.4. The van der Waals surface area contributed by atoms with Crippen molar-refractivity contribution < 1.29 is 67.8 Å². The van der Waals surface area contributed by atoms with E-state index in [1.807, 2.05) is 24.3 Å². The van der Waals surface area contributed by atoms with E-state index in [4.69, 9.17) is 23.8 Å². The van der Waals surface area contributed by atoms with E-state index in [9.17, 15) is 39.5 Å². The van der Waals surface area contributed by atoms with Gasteiger partial charge in [0.25, 0.3) is 0 Å². The molecule has 0 saturated carbocycles. The predicted molar refractivity (Wildman–Crippen MR) is 236 cm³/mol. The maximum atomic E-state index is 12.7. The maximum Gasteiger partial charge on any atom is 0.472 e. The van der Waals surface area contributed by atoms with E-state index in [1.165, 1.54) is 38.5 Å². The number of unbranched alkanes of at least 4 members (excludes halogenated alkanes) is 10. The van der Waals surface area contributed by atoms with E-state index >= 15 is 0 Å². The highest BCUT2D eigenvalue weighted by Crippen LogP contribution is 2.43.